The number of aryl methyl sites for hydroxylation is 3. The van der Waals surface area contributed by atoms with Gasteiger partial charge in [0.25, 0.3) is 0 Å². The summed E-state index contributed by atoms with van der Waals surface area (Å²) >= 11 is 0. The first-order valence-electron chi connectivity index (χ1n) is 12.6. The van der Waals surface area contributed by atoms with Crippen LogP contribution < -0.4 is 5.32 Å². The van der Waals surface area contributed by atoms with Crippen LogP contribution in [0.2, 0.25) is 0 Å². The Balaban J connectivity index is 0.000000616. The van der Waals surface area contributed by atoms with E-state index in [4.69, 9.17) is 5.41 Å². The lowest BCUT2D eigenvalue weighted by Crippen LogP contribution is -2.17. The first-order valence-corrected chi connectivity index (χ1v) is 12.6. The highest BCUT2D eigenvalue weighted by molar-refractivity contribution is 5.99. The summed E-state index contributed by atoms with van der Waals surface area (Å²) in [5.74, 6) is 1.47. The Morgan fingerprint density at radius 3 is 2.12 bits per heavy atom. The van der Waals surface area contributed by atoms with E-state index in [-0.39, 0.29) is 0 Å². The van der Waals surface area contributed by atoms with Crippen LogP contribution in [0.3, 0.4) is 0 Å². The minimum atomic E-state index is 0.435. The fourth-order valence-electron chi connectivity index (χ4n) is 4.89. The van der Waals surface area contributed by atoms with E-state index in [9.17, 15) is 0 Å². The Bertz CT molecular complexity index is 743. The molecule has 1 aliphatic rings. The van der Waals surface area contributed by atoms with Crippen molar-refractivity contribution in [2.75, 3.05) is 6.54 Å². The van der Waals surface area contributed by atoms with Crippen molar-refractivity contribution in [3.8, 4) is 0 Å². The SMILES string of the molecule is C=CNCCC(CCc1cc(C)cc(C)c1)C(=C/C)/C(=C/C)C(C)=N.CC1CCCCC1. The number of nitrogens with one attached hydrogen (secondary N) is 2. The summed E-state index contributed by atoms with van der Waals surface area (Å²) in [6, 6.07) is 6.81. The van der Waals surface area contributed by atoms with E-state index < -0.39 is 0 Å². The summed E-state index contributed by atoms with van der Waals surface area (Å²) in [6.45, 7) is 17.3. The third kappa shape index (κ3) is 10.5. The van der Waals surface area contributed by atoms with Gasteiger partial charge in [-0.1, -0.05) is 87.1 Å². The van der Waals surface area contributed by atoms with E-state index in [1.54, 1.807) is 6.20 Å². The normalized spacial score (nSPS) is 16.1. The van der Waals surface area contributed by atoms with Gasteiger partial charge in [0.1, 0.15) is 0 Å². The van der Waals surface area contributed by atoms with Crippen molar-refractivity contribution in [1.82, 2.24) is 5.32 Å². The van der Waals surface area contributed by atoms with Gasteiger partial charge in [-0.05, 0) is 88.6 Å². The number of benzene rings is 1. The fraction of sp³-hybridized carbons (Fsp3) is 0.567. The Morgan fingerprint density at radius 2 is 1.69 bits per heavy atom. The summed E-state index contributed by atoms with van der Waals surface area (Å²) in [4.78, 5) is 0. The summed E-state index contributed by atoms with van der Waals surface area (Å²) in [6.07, 6.45) is 16.6. The molecule has 0 aliphatic heterocycles. The van der Waals surface area contributed by atoms with Crippen LogP contribution in [0.5, 0.6) is 0 Å². The van der Waals surface area contributed by atoms with Gasteiger partial charge >= 0.3 is 0 Å². The van der Waals surface area contributed by atoms with Crippen molar-refractivity contribution in [2.24, 2.45) is 11.8 Å². The lowest BCUT2D eigenvalue weighted by Gasteiger charge is -2.23. The molecule has 1 unspecified atom stereocenters. The molecule has 0 saturated heterocycles. The number of hydrogen-bond acceptors (Lipinski definition) is 2. The Labute approximate surface area is 198 Å². The monoisotopic (exact) mass is 436 g/mol. The minimum Gasteiger partial charge on any atom is -0.391 e. The molecular weight excluding hydrogens is 388 g/mol. The van der Waals surface area contributed by atoms with Gasteiger partial charge in [0.05, 0.1) is 0 Å². The van der Waals surface area contributed by atoms with Crippen molar-refractivity contribution >= 4 is 5.71 Å². The van der Waals surface area contributed by atoms with Crippen molar-refractivity contribution in [1.29, 1.82) is 5.41 Å². The van der Waals surface area contributed by atoms with E-state index in [0.717, 1.165) is 37.3 Å². The second kappa shape index (κ2) is 15.7. The van der Waals surface area contributed by atoms with Gasteiger partial charge in [-0.15, -0.1) is 0 Å². The van der Waals surface area contributed by atoms with Crippen molar-refractivity contribution in [3.05, 3.63) is 71.0 Å². The highest BCUT2D eigenvalue weighted by atomic mass is 14.8. The molecule has 1 aromatic carbocycles. The van der Waals surface area contributed by atoms with Gasteiger partial charge in [-0.3, -0.25) is 0 Å². The third-order valence-corrected chi connectivity index (χ3v) is 6.49. The standard InChI is InChI=1S/C23H34N2.C7H14/c1-7-22(19(6)24)23(8-2)21(12-13-25-9-3)11-10-20-15-17(4)14-18(5)16-20;1-7-5-3-2-4-6-7/h7-9,14-16,21,24-25H,3,10-13H2,1-2,4-6H3;7H,2-6H2,1H3/b22-7+,23-8-,24-19?;. The van der Waals surface area contributed by atoms with Gasteiger partial charge in [-0.2, -0.15) is 0 Å². The molecular formula is C30H48N2. The first kappa shape index (κ1) is 27.9. The number of hydrogen-bond donors (Lipinski definition) is 2. The van der Waals surface area contributed by atoms with Crippen LogP contribution in [-0.2, 0) is 6.42 Å². The topological polar surface area (TPSA) is 35.9 Å². The molecule has 1 aliphatic carbocycles. The molecule has 2 N–H and O–H groups in total. The molecule has 0 heterocycles. The molecule has 0 bridgehead atoms. The molecule has 2 nitrogen and oxygen atoms in total. The lowest BCUT2D eigenvalue weighted by molar-refractivity contribution is 0.385. The quantitative estimate of drug-likeness (QED) is 0.215. The van der Waals surface area contributed by atoms with Crippen LogP contribution in [0.25, 0.3) is 0 Å². The highest BCUT2D eigenvalue weighted by Gasteiger charge is 2.18. The third-order valence-electron chi connectivity index (χ3n) is 6.49. The molecule has 0 amide bonds. The maximum absolute atomic E-state index is 8.10. The van der Waals surface area contributed by atoms with Crippen molar-refractivity contribution in [3.63, 3.8) is 0 Å². The maximum atomic E-state index is 8.10. The molecule has 1 aromatic rings. The summed E-state index contributed by atoms with van der Waals surface area (Å²) in [5.41, 5.74) is 7.08. The highest BCUT2D eigenvalue weighted by Crippen LogP contribution is 2.28. The van der Waals surface area contributed by atoms with Gasteiger partial charge in [0.2, 0.25) is 0 Å². The van der Waals surface area contributed by atoms with Gasteiger partial charge in [0, 0.05) is 12.3 Å². The van der Waals surface area contributed by atoms with Crippen LogP contribution in [-0.4, -0.2) is 12.3 Å². The zero-order valence-corrected chi connectivity index (χ0v) is 21.7. The Kier molecular flexibility index (Phi) is 13.7. The summed E-state index contributed by atoms with van der Waals surface area (Å²) in [5, 5.41) is 11.3. The molecule has 0 radical (unpaired) electrons. The fourth-order valence-corrected chi connectivity index (χ4v) is 4.89. The van der Waals surface area contributed by atoms with E-state index in [2.05, 4.69) is 69.9 Å². The summed E-state index contributed by atoms with van der Waals surface area (Å²) in [7, 11) is 0. The second-order valence-electron chi connectivity index (χ2n) is 9.49. The van der Waals surface area contributed by atoms with Gasteiger partial charge < -0.3 is 10.7 Å². The smallest absolute Gasteiger partial charge is 0.0354 e. The average molecular weight is 437 g/mol. The van der Waals surface area contributed by atoms with E-state index in [1.807, 2.05) is 13.8 Å². The lowest BCUT2D eigenvalue weighted by atomic mass is 9.83. The molecule has 2 rings (SSSR count). The van der Waals surface area contributed by atoms with Crippen LogP contribution in [0.15, 0.2) is 54.3 Å². The molecule has 32 heavy (non-hydrogen) atoms. The van der Waals surface area contributed by atoms with Crippen LogP contribution >= 0.6 is 0 Å². The van der Waals surface area contributed by atoms with E-state index >= 15 is 0 Å². The van der Waals surface area contributed by atoms with Crippen molar-refractivity contribution in [2.45, 2.75) is 92.9 Å². The average Bonchev–Trinajstić information content (AvgIpc) is 2.75. The van der Waals surface area contributed by atoms with Gasteiger partial charge in [-0.25, -0.2) is 0 Å². The van der Waals surface area contributed by atoms with Crippen LogP contribution in [0.4, 0.5) is 0 Å². The zero-order valence-electron chi connectivity index (χ0n) is 21.7. The van der Waals surface area contributed by atoms with Crippen LogP contribution in [0, 0.1) is 31.1 Å². The molecule has 1 saturated carbocycles. The number of rotatable bonds is 10. The van der Waals surface area contributed by atoms with E-state index in [1.165, 1.54) is 54.4 Å². The maximum Gasteiger partial charge on any atom is 0.0354 e. The minimum absolute atomic E-state index is 0.435. The summed E-state index contributed by atoms with van der Waals surface area (Å²) < 4.78 is 0. The van der Waals surface area contributed by atoms with Crippen molar-refractivity contribution < 1.29 is 0 Å². The molecule has 178 valence electrons. The van der Waals surface area contributed by atoms with E-state index in [0.29, 0.717) is 11.6 Å². The Morgan fingerprint density at radius 1 is 1.06 bits per heavy atom. The second-order valence-corrected chi connectivity index (χ2v) is 9.49. The Hall–Kier alpha value is -2.09. The first-order chi connectivity index (χ1) is 15.3. The molecule has 1 atom stereocenters. The number of allylic oxidation sites excluding steroid dienone is 4. The molecule has 0 aromatic heterocycles. The molecule has 1 fully saturated rings. The zero-order chi connectivity index (χ0) is 23.9. The molecule has 0 spiro atoms. The predicted molar refractivity (Wildman–Crippen MR) is 144 cm³/mol. The van der Waals surface area contributed by atoms with Crippen LogP contribution in [0.1, 0.15) is 89.3 Å². The van der Waals surface area contributed by atoms with Gasteiger partial charge in [0.15, 0.2) is 0 Å². The predicted octanol–water partition coefficient (Wildman–Crippen LogP) is 8.49. The largest absolute Gasteiger partial charge is 0.391 e. The molecule has 2 heteroatoms.